The van der Waals surface area contributed by atoms with E-state index in [9.17, 15) is 9.59 Å². The average molecular weight is 472 g/mol. The maximum Gasteiger partial charge on any atom is 0.305 e. The average Bonchev–Trinajstić information content (AvgIpc) is 3.35. The molecular weight excluding hydrogens is 446 g/mol. The third-order valence-electron chi connectivity index (χ3n) is 5.26. The number of thiazole rings is 1. The maximum atomic E-state index is 12.2. The number of carboxylic acids is 1. The van der Waals surface area contributed by atoms with Gasteiger partial charge in [-0.1, -0.05) is 72.8 Å². The van der Waals surface area contributed by atoms with Crippen molar-refractivity contribution in [1.82, 2.24) is 10.3 Å². The third kappa shape index (κ3) is 6.30. The van der Waals surface area contributed by atoms with Crippen LogP contribution in [0.4, 0.5) is 5.13 Å². The lowest BCUT2D eigenvalue weighted by molar-refractivity contribution is -0.136. The Morgan fingerprint density at radius 2 is 1.47 bits per heavy atom. The van der Waals surface area contributed by atoms with Gasteiger partial charge in [0.1, 0.15) is 0 Å². The minimum Gasteiger partial charge on any atom is -0.481 e. The van der Waals surface area contributed by atoms with E-state index in [1.54, 1.807) is 23.5 Å². The van der Waals surface area contributed by atoms with Crippen LogP contribution in [0.2, 0.25) is 0 Å². The maximum absolute atomic E-state index is 12.2. The van der Waals surface area contributed by atoms with Crippen LogP contribution >= 0.6 is 11.3 Å². The van der Waals surface area contributed by atoms with E-state index in [0.29, 0.717) is 18.7 Å². The topological polar surface area (TPSA) is 82.5 Å². The van der Waals surface area contributed by atoms with Crippen molar-refractivity contribution in [3.63, 3.8) is 0 Å². The number of carbonyl (C=O) groups excluding carboxylic acids is 1. The molecule has 1 amide bonds. The van der Waals surface area contributed by atoms with Gasteiger partial charge in [-0.15, -0.1) is 11.3 Å². The third-order valence-corrected chi connectivity index (χ3v) is 6.16. The first kappa shape index (κ1) is 23.2. The van der Waals surface area contributed by atoms with E-state index >= 15 is 0 Å². The molecule has 7 heteroatoms. The summed E-state index contributed by atoms with van der Waals surface area (Å²) in [4.78, 5) is 30.0. The Hall–Kier alpha value is -3.97. The number of anilines is 1. The van der Waals surface area contributed by atoms with Gasteiger partial charge >= 0.3 is 5.97 Å². The lowest BCUT2D eigenvalue weighted by atomic mass is 10.1. The van der Waals surface area contributed by atoms with Crippen molar-refractivity contribution < 1.29 is 14.7 Å². The molecule has 0 fully saturated rings. The molecule has 2 N–H and O–H groups in total. The number of nitrogens with one attached hydrogen (secondary N) is 1. The zero-order valence-electron chi connectivity index (χ0n) is 18.6. The lowest BCUT2D eigenvalue weighted by Gasteiger charge is -2.22. The van der Waals surface area contributed by atoms with Gasteiger partial charge < -0.3 is 15.3 Å². The highest BCUT2D eigenvalue weighted by Crippen LogP contribution is 2.29. The summed E-state index contributed by atoms with van der Waals surface area (Å²) in [6.45, 7) is 1.45. The number of carboxylic acid groups (broad SMARTS) is 1. The van der Waals surface area contributed by atoms with Crippen LogP contribution in [0.15, 0.2) is 90.3 Å². The van der Waals surface area contributed by atoms with E-state index in [1.165, 1.54) is 5.56 Å². The van der Waals surface area contributed by atoms with Crippen LogP contribution in [-0.4, -0.2) is 28.5 Å². The molecule has 4 rings (SSSR count). The van der Waals surface area contributed by atoms with Gasteiger partial charge in [0.2, 0.25) is 0 Å². The van der Waals surface area contributed by atoms with Crippen molar-refractivity contribution in [3.8, 4) is 11.3 Å². The zero-order chi connectivity index (χ0) is 23.8. The normalized spacial score (nSPS) is 10.6. The smallest absolute Gasteiger partial charge is 0.305 e. The number of aliphatic carboxylic acids is 1. The van der Waals surface area contributed by atoms with Gasteiger partial charge in [-0.2, -0.15) is 0 Å². The Labute approximate surface area is 202 Å². The Balaban J connectivity index is 1.50. The molecule has 0 aliphatic heterocycles. The van der Waals surface area contributed by atoms with Crippen molar-refractivity contribution >= 4 is 28.3 Å². The van der Waals surface area contributed by atoms with Crippen molar-refractivity contribution in [2.75, 3.05) is 11.4 Å². The van der Waals surface area contributed by atoms with E-state index in [4.69, 9.17) is 10.1 Å². The Bertz CT molecular complexity index is 1220. The van der Waals surface area contributed by atoms with Crippen molar-refractivity contribution in [1.29, 1.82) is 0 Å². The number of rotatable bonds is 10. The number of hydrogen-bond acceptors (Lipinski definition) is 5. The van der Waals surface area contributed by atoms with Gasteiger partial charge in [0, 0.05) is 36.1 Å². The molecule has 0 aliphatic rings. The molecule has 0 unspecified atom stereocenters. The molecule has 0 saturated carbocycles. The molecule has 1 heterocycles. The summed E-state index contributed by atoms with van der Waals surface area (Å²) in [6.07, 6.45) is -0.100. The second-order valence-electron chi connectivity index (χ2n) is 7.82. The van der Waals surface area contributed by atoms with Crippen molar-refractivity contribution in [3.05, 3.63) is 107 Å². The van der Waals surface area contributed by atoms with Crippen LogP contribution in [-0.2, 0) is 17.9 Å². The summed E-state index contributed by atoms with van der Waals surface area (Å²) in [6, 6.07) is 27.8. The molecule has 0 aliphatic carbocycles. The SMILES string of the molecule is O=C(O)CCNC(=O)c1ccc(CN(Cc2ccccc2)c2nc(-c3ccccc3)cs2)cc1. The van der Waals surface area contributed by atoms with Crippen LogP contribution in [0.1, 0.15) is 27.9 Å². The molecule has 0 radical (unpaired) electrons. The second kappa shape index (κ2) is 11.2. The lowest BCUT2D eigenvalue weighted by Crippen LogP contribution is -2.26. The first-order valence-electron chi connectivity index (χ1n) is 11.0. The highest BCUT2D eigenvalue weighted by molar-refractivity contribution is 7.14. The molecule has 172 valence electrons. The first-order valence-corrected chi connectivity index (χ1v) is 11.9. The van der Waals surface area contributed by atoms with Gasteiger partial charge in [-0.25, -0.2) is 4.98 Å². The molecule has 1 aromatic heterocycles. The van der Waals surface area contributed by atoms with Gasteiger partial charge in [0.15, 0.2) is 5.13 Å². The summed E-state index contributed by atoms with van der Waals surface area (Å²) in [5.74, 6) is -1.21. The quantitative estimate of drug-likeness (QED) is 0.331. The summed E-state index contributed by atoms with van der Waals surface area (Å²) in [7, 11) is 0. The summed E-state index contributed by atoms with van der Waals surface area (Å²) >= 11 is 1.61. The standard InChI is InChI=1S/C27H25N3O3S/c31-25(32)15-16-28-26(33)23-13-11-21(12-14-23)18-30(17-20-7-3-1-4-8-20)27-29-24(19-34-27)22-9-5-2-6-10-22/h1-14,19H,15-18H2,(H,28,33)(H,31,32). The summed E-state index contributed by atoms with van der Waals surface area (Å²) in [5.41, 5.74) is 4.78. The fourth-order valence-corrected chi connectivity index (χ4v) is 4.35. The van der Waals surface area contributed by atoms with E-state index in [-0.39, 0.29) is 18.9 Å². The number of hydrogen-bond donors (Lipinski definition) is 2. The van der Waals surface area contributed by atoms with E-state index in [0.717, 1.165) is 22.0 Å². The minimum atomic E-state index is -0.938. The van der Waals surface area contributed by atoms with Crippen molar-refractivity contribution in [2.45, 2.75) is 19.5 Å². The monoisotopic (exact) mass is 471 g/mol. The van der Waals surface area contributed by atoms with Crippen LogP contribution in [0.25, 0.3) is 11.3 Å². The Morgan fingerprint density at radius 3 is 2.12 bits per heavy atom. The van der Waals surface area contributed by atoms with E-state index < -0.39 is 5.97 Å². The highest BCUT2D eigenvalue weighted by Gasteiger charge is 2.14. The van der Waals surface area contributed by atoms with Gasteiger partial charge in [0.05, 0.1) is 12.1 Å². The van der Waals surface area contributed by atoms with Gasteiger partial charge in [-0.3, -0.25) is 9.59 Å². The molecule has 0 atom stereocenters. The van der Waals surface area contributed by atoms with Gasteiger partial charge in [0.25, 0.3) is 5.91 Å². The predicted octanol–water partition coefficient (Wildman–Crippen LogP) is 5.22. The van der Waals surface area contributed by atoms with Crippen molar-refractivity contribution in [2.24, 2.45) is 0 Å². The molecule has 0 saturated heterocycles. The highest BCUT2D eigenvalue weighted by atomic mass is 32.1. The van der Waals surface area contributed by atoms with E-state index in [1.807, 2.05) is 48.5 Å². The number of benzene rings is 3. The Kier molecular flexibility index (Phi) is 7.67. The molecule has 4 aromatic rings. The predicted molar refractivity (Wildman–Crippen MR) is 135 cm³/mol. The van der Waals surface area contributed by atoms with Crippen LogP contribution in [0.5, 0.6) is 0 Å². The zero-order valence-corrected chi connectivity index (χ0v) is 19.4. The number of carbonyl (C=O) groups is 2. The molecule has 3 aromatic carbocycles. The van der Waals surface area contributed by atoms with Crippen LogP contribution in [0.3, 0.4) is 0 Å². The molecule has 0 spiro atoms. The van der Waals surface area contributed by atoms with Crippen LogP contribution in [0, 0.1) is 0 Å². The minimum absolute atomic E-state index is 0.100. The van der Waals surface area contributed by atoms with Gasteiger partial charge in [-0.05, 0) is 23.3 Å². The summed E-state index contributed by atoms with van der Waals surface area (Å²) in [5, 5.41) is 14.4. The number of aromatic nitrogens is 1. The fourth-order valence-electron chi connectivity index (χ4n) is 3.51. The fraction of sp³-hybridized carbons (Fsp3) is 0.148. The Morgan fingerprint density at radius 1 is 0.853 bits per heavy atom. The largest absolute Gasteiger partial charge is 0.481 e. The molecule has 0 bridgehead atoms. The number of nitrogens with zero attached hydrogens (tertiary/aromatic N) is 2. The summed E-state index contributed by atoms with van der Waals surface area (Å²) < 4.78 is 0. The second-order valence-corrected chi connectivity index (χ2v) is 8.66. The molecular formula is C27H25N3O3S. The number of amides is 1. The van der Waals surface area contributed by atoms with E-state index in [2.05, 4.69) is 39.9 Å². The van der Waals surface area contributed by atoms with Crippen LogP contribution < -0.4 is 10.2 Å². The first-order chi connectivity index (χ1) is 16.6. The molecule has 34 heavy (non-hydrogen) atoms. The molecule has 6 nitrogen and oxygen atoms in total.